The first kappa shape index (κ1) is 14.0. The van der Waals surface area contributed by atoms with E-state index in [0.29, 0.717) is 18.8 Å². The van der Waals surface area contributed by atoms with Gasteiger partial charge in [-0.15, -0.1) is 0 Å². The van der Waals surface area contributed by atoms with Crippen LogP contribution in [-0.4, -0.2) is 25.0 Å². The number of hydrogen-bond acceptors (Lipinski definition) is 3. The van der Waals surface area contributed by atoms with Crippen LogP contribution in [0.3, 0.4) is 0 Å². The smallest absolute Gasteiger partial charge is 0.214 e. The van der Waals surface area contributed by atoms with Crippen molar-refractivity contribution >= 4 is 15.7 Å². The second kappa shape index (κ2) is 6.02. The Bertz CT molecular complexity index is 457. The average Bonchev–Trinajstić information content (AvgIpc) is 2.31. The summed E-state index contributed by atoms with van der Waals surface area (Å²) in [6.45, 7) is 4.51. The van der Waals surface area contributed by atoms with E-state index in [-0.39, 0.29) is 5.75 Å². The van der Waals surface area contributed by atoms with Gasteiger partial charge in [-0.25, -0.2) is 8.42 Å². The van der Waals surface area contributed by atoms with E-state index < -0.39 is 10.0 Å². The Morgan fingerprint density at radius 2 is 1.88 bits per heavy atom. The third kappa shape index (κ3) is 3.71. The van der Waals surface area contributed by atoms with E-state index in [4.69, 9.17) is 5.73 Å². The maximum atomic E-state index is 11.9. The molecule has 0 aliphatic rings. The molecule has 0 aliphatic carbocycles. The Morgan fingerprint density at radius 1 is 1.24 bits per heavy atom. The van der Waals surface area contributed by atoms with Crippen LogP contribution in [0.15, 0.2) is 24.3 Å². The zero-order valence-corrected chi connectivity index (χ0v) is 11.2. The molecule has 0 bridgehead atoms. The molecule has 0 unspecified atom stereocenters. The first-order valence-corrected chi connectivity index (χ1v) is 7.43. The van der Waals surface area contributed by atoms with Gasteiger partial charge in [-0.3, -0.25) is 0 Å². The summed E-state index contributed by atoms with van der Waals surface area (Å²) in [6, 6.07) is 7.37. The van der Waals surface area contributed by atoms with Crippen LogP contribution < -0.4 is 5.73 Å². The molecular weight excluding hydrogens is 236 g/mol. The molecule has 1 aromatic rings. The van der Waals surface area contributed by atoms with Gasteiger partial charge in [0.1, 0.15) is 0 Å². The van der Waals surface area contributed by atoms with E-state index >= 15 is 0 Å². The molecule has 0 aromatic heterocycles. The standard InChI is InChI=1S/C12H20N2O2S/c1-3-9-14(17(15,16)4-2)10-11-7-5-6-8-12(11)13/h5-8H,3-4,9-10,13H2,1-2H3. The van der Waals surface area contributed by atoms with Crippen LogP contribution in [0.25, 0.3) is 0 Å². The first-order valence-electron chi connectivity index (χ1n) is 5.82. The van der Waals surface area contributed by atoms with E-state index in [1.807, 2.05) is 25.1 Å². The topological polar surface area (TPSA) is 63.4 Å². The number of anilines is 1. The summed E-state index contributed by atoms with van der Waals surface area (Å²) in [4.78, 5) is 0. The minimum absolute atomic E-state index is 0.125. The van der Waals surface area contributed by atoms with Crippen LogP contribution in [0, 0.1) is 0 Å². The Hall–Kier alpha value is -1.07. The summed E-state index contributed by atoms with van der Waals surface area (Å²) in [5.41, 5.74) is 7.33. The van der Waals surface area contributed by atoms with Gasteiger partial charge in [0.05, 0.1) is 5.75 Å². The fourth-order valence-electron chi connectivity index (χ4n) is 1.62. The minimum atomic E-state index is -3.16. The van der Waals surface area contributed by atoms with E-state index in [1.54, 1.807) is 13.0 Å². The number of nitrogen functional groups attached to an aromatic ring is 1. The van der Waals surface area contributed by atoms with Crippen molar-refractivity contribution in [3.8, 4) is 0 Å². The fraction of sp³-hybridized carbons (Fsp3) is 0.500. The molecule has 0 saturated heterocycles. The number of rotatable bonds is 6. The maximum absolute atomic E-state index is 11.9. The SMILES string of the molecule is CCCN(Cc1ccccc1N)S(=O)(=O)CC. The van der Waals surface area contributed by atoms with Crippen molar-refractivity contribution in [1.29, 1.82) is 0 Å². The molecule has 1 aromatic carbocycles. The molecule has 0 fully saturated rings. The molecule has 5 heteroatoms. The Balaban J connectivity index is 2.92. The van der Waals surface area contributed by atoms with Crippen molar-refractivity contribution in [2.45, 2.75) is 26.8 Å². The maximum Gasteiger partial charge on any atom is 0.214 e. The molecular formula is C12H20N2O2S. The van der Waals surface area contributed by atoms with Crippen LogP contribution in [0.5, 0.6) is 0 Å². The zero-order valence-electron chi connectivity index (χ0n) is 10.4. The lowest BCUT2D eigenvalue weighted by Crippen LogP contribution is -2.32. The molecule has 2 N–H and O–H groups in total. The molecule has 0 aliphatic heterocycles. The van der Waals surface area contributed by atoms with Crippen molar-refractivity contribution in [2.24, 2.45) is 0 Å². The van der Waals surface area contributed by atoms with Gasteiger partial charge >= 0.3 is 0 Å². The quantitative estimate of drug-likeness (QED) is 0.790. The van der Waals surface area contributed by atoms with Crippen molar-refractivity contribution < 1.29 is 8.42 Å². The number of benzene rings is 1. The van der Waals surface area contributed by atoms with Gasteiger partial charge in [-0.1, -0.05) is 25.1 Å². The lowest BCUT2D eigenvalue weighted by Gasteiger charge is -2.21. The molecule has 96 valence electrons. The summed E-state index contributed by atoms with van der Waals surface area (Å²) < 4.78 is 25.3. The minimum Gasteiger partial charge on any atom is -0.398 e. The van der Waals surface area contributed by atoms with Gasteiger partial charge in [0.15, 0.2) is 0 Å². The van der Waals surface area contributed by atoms with Gasteiger partial charge in [0.2, 0.25) is 10.0 Å². The Morgan fingerprint density at radius 3 is 2.41 bits per heavy atom. The number of para-hydroxylation sites is 1. The molecule has 0 amide bonds. The van der Waals surface area contributed by atoms with Crippen molar-refractivity contribution in [3.63, 3.8) is 0 Å². The first-order chi connectivity index (χ1) is 8.01. The third-order valence-electron chi connectivity index (χ3n) is 2.63. The largest absolute Gasteiger partial charge is 0.398 e. The van der Waals surface area contributed by atoms with Crippen LogP contribution >= 0.6 is 0 Å². The van der Waals surface area contributed by atoms with Crippen molar-refractivity contribution in [2.75, 3.05) is 18.0 Å². The molecule has 4 nitrogen and oxygen atoms in total. The summed E-state index contributed by atoms with van der Waals surface area (Å²) in [6.07, 6.45) is 0.798. The summed E-state index contributed by atoms with van der Waals surface area (Å²) in [5.74, 6) is 0.125. The molecule has 0 atom stereocenters. The lowest BCUT2D eigenvalue weighted by molar-refractivity contribution is 0.407. The molecule has 0 radical (unpaired) electrons. The zero-order chi connectivity index (χ0) is 12.9. The summed E-state index contributed by atoms with van der Waals surface area (Å²) >= 11 is 0. The van der Waals surface area contributed by atoms with Crippen LogP contribution in [0.4, 0.5) is 5.69 Å². The van der Waals surface area contributed by atoms with Gasteiger partial charge in [0, 0.05) is 18.8 Å². The van der Waals surface area contributed by atoms with Crippen molar-refractivity contribution in [3.05, 3.63) is 29.8 Å². The van der Waals surface area contributed by atoms with E-state index in [0.717, 1.165) is 12.0 Å². The normalized spacial score (nSPS) is 11.9. The van der Waals surface area contributed by atoms with Crippen molar-refractivity contribution in [1.82, 2.24) is 4.31 Å². The second-order valence-corrected chi connectivity index (χ2v) is 6.19. The molecule has 0 heterocycles. The van der Waals surface area contributed by atoms with Crippen LogP contribution in [-0.2, 0) is 16.6 Å². The van der Waals surface area contributed by atoms with E-state index in [1.165, 1.54) is 4.31 Å². The van der Waals surface area contributed by atoms with Gasteiger partial charge in [0.25, 0.3) is 0 Å². The summed E-state index contributed by atoms with van der Waals surface area (Å²) in [5, 5.41) is 0. The number of hydrogen-bond donors (Lipinski definition) is 1. The highest BCUT2D eigenvalue weighted by Crippen LogP contribution is 2.16. The Labute approximate surface area is 103 Å². The second-order valence-electron chi connectivity index (χ2n) is 3.93. The predicted molar refractivity (Wildman–Crippen MR) is 71.0 cm³/mol. The van der Waals surface area contributed by atoms with Crippen LogP contribution in [0.1, 0.15) is 25.8 Å². The predicted octanol–water partition coefficient (Wildman–Crippen LogP) is 1.83. The summed E-state index contributed by atoms with van der Waals surface area (Å²) in [7, 11) is -3.16. The lowest BCUT2D eigenvalue weighted by atomic mass is 10.2. The van der Waals surface area contributed by atoms with E-state index in [9.17, 15) is 8.42 Å². The highest BCUT2D eigenvalue weighted by molar-refractivity contribution is 7.89. The van der Waals surface area contributed by atoms with Gasteiger partial charge < -0.3 is 5.73 Å². The van der Waals surface area contributed by atoms with E-state index in [2.05, 4.69) is 0 Å². The number of nitrogens with zero attached hydrogens (tertiary/aromatic N) is 1. The highest BCUT2D eigenvalue weighted by Gasteiger charge is 2.19. The monoisotopic (exact) mass is 256 g/mol. The van der Waals surface area contributed by atoms with Crippen LogP contribution in [0.2, 0.25) is 0 Å². The average molecular weight is 256 g/mol. The third-order valence-corrected chi connectivity index (χ3v) is 4.46. The molecule has 0 spiro atoms. The fourth-order valence-corrected chi connectivity index (χ4v) is 2.78. The molecule has 0 saturated carbocycles. The number of nitrogens with two attached hydrogens (primary N) is 1. The van der Waals surface area contributed by atoms with Gasteiger partial charge in [-0.05, 0) is 25.0 Å². The molecule has 1 rings (SSSR count). The molecule has 17 heavy (non-hydrogen) atoms. The number of sulfonamides is 1. The Kier molecular flexibility index (Phi) is 4.96. The highest BCUT2D eigenvalue weighted by atomic mass is 32.2. The van der Waals surface area contributed by atoms with Gasteiger partial charge in [-0.2, -0.15) is 4.31 Å².